The highest BCUT2D eigenvalue weighted by Gasteiger charge is 2.33. The average molecular weight is 399 g/mol. The first-order valence-electron chi connectivity index (χ1n) is 7.55. The fourth-order valence-corrected chi connectivity index (χ4v) is 2.74. The Hall–Kier alpha value is -2.20. The maximum Gasteiger partial charge on any atom is 0.274 e. The van der Waals surface area contributed by atoms with E-state index in [1.807, 2.05) is 0 Å². The van der Waals surface area contributed by atoms with Crippen molar-refractivity contribution < 1.29 is 18.7 Å². The molecule has 2 rings (SSSR count). The molecule has 4 nitrogen and oxygen atoms in total. The summed E-state index contributed by atoms with van der Waals surface area (Å²) in [6, 6.07) is 7.93. The standard InChI is InChI=1S/C18H14Cl2F2N2O2/c1-23-16-6-4-12(10-15(16)20)24-17(26)11-3-5-14(19)13(9-11)18(21,22)7-2-8-25/h3-6,9-10,25H,2,7-8H2,(H,24,26). The second-order valence-corrected chi connectivity index (χ2v) is 6.27. The highest BCUT2D eigenvalue weighted by molar-refractivity contribution is 6.33. The van der Waals surface area contributed by atoms with Crippen LogP contribution < -0.4 is 5.32 Å². The van der Waals surface area contributed by atoms with E-state index >= 15 is 0 Å². The number of hydrogen-bond acceptors (Lipinski definition) is 2. The van der Waals surface area contributed by atoms with Gasteiger partial charge in [-0.1, -0.05) is 29.3 Å². The van der Waals surface area contributed by atoms with Crippen LogP contribution in [0, 0.1) is 6.57 Å². The van der Waals surface area contributed by atoms with Crippen LogP contribution in [0.1, 0.15) is 28.8 Å². The lowest BCUT2D eigenvalue weighted by atomic mass is 10.0. The molecule has 0 unspecified atom stereocenters. The van der Waals surface area contributed by atoms with Crippen LogP contribution in [0.3, 0.4) is 0 Å². The molecule has 0 aliphatic rings. The molecule has 0 fully saturated rings. The smallest absolute Gasteiger partial charge is 0.274 e. The molecule has 26 heavy (non-hydrogen) atoms. The number of nitrogens with one attached hydrogen (secondary N) is 1. The van der Waals surface area contributed by atoms with Crippen LogP contribution in [0.2, 0.25) is 10.0 Å². The van der Waals surface area contributed by atoms with E-state index in [2.05, 4.69) is 10.2 Å². The van der Waals surface area contributed by atoms with Crippen LogP contribution in [0.4, 0.5) is 20.2 Å². The molecule has 0 saturated heterocycles. The zero-order valence-corrected chi connectivity index (χ0v) is 14.9. The Morgan fingerprint density at radius 1 is 1.19 bits per heavy atom. The van der Waals surface area contributed by atoms with Crippen LogP contribution in [-0.4, -0.2) is 17.6 Å². The normalized spacial score (nSPS) is 11.1. The van der Waals surface area contributed by atoms with E-state index in [4.69, 9.17) is 34.9 Å². The largest absolute Gasteiger partial charge is 0.396 e. The summed E-state index contributed by atoms with van der Waals surface area (Å²) in [5.74, 6) is -3.89. The lowest BCUT2D eigenvalue weighted by molar-refractivity contribution is -0.0187. The summed E-state index contributed by atoms with van der Waals surface area (Å²) < 4.78 is 28.5. The molecule has 0 radical (unpaired) electrons. The highest BCUT2D eigenvalue weighted by atomic mass is 35.5. The Bertz CT molecular complexity index is 867. The Balaban J connectivity index is 2.26. The van der Waals surface area contributed by atoms with Crippen molar-refractivity contribution in [1.29, 1.82) is 0 Å². The summed E-state index contributed by atoms with van der Waals surface area (Å²) in [7, 11) is 0. The number of nitrogens with zero attached hydrogens (tertiary/aromatic N) is 1. The maximum atomic E-state index is 14.2. The molecule has 0 aliphatic carbocycles. The Labute approximate surface area is 159 Å². The molecule has 8 heteroatoms. The monoisotopic (exact) mass is 398 g/mol. The molecule has 2 N–H and O–H groups in total. The molecule has 0 heterocycles. The van der Waals surface area contributed by atoms with Gasteiger partial charge in [-0.2, -0.15) is 0 Å². The number of hydrogen-bond donors (Lipinski definition) is 2. The summed E-state index contributed by atoms with van der Waals surface area (Å²) >= 11 is 11.8. The minimum absolute atomic E-state index is 0.00143. The summed E-state index contributed by atoms with van der Waals surface area (Å²) in [5, 5.41) is 11.3. The zero-order valence-electron chi connectivity index (χ0n) is 13.4. The molecule has 2 aromatic rings. The first-order valence-corrected chi connectivity index (χ1v) is 8.31. The molecule has 0 saturated carbocycles. The first-order chi connectivity index (χ1) is 12.3. The number of carbonyl (C=O) groups excluding carboxylic acids is 1. The number of anilines is 1. The number of aliphatic hydroxyl groups is 1. The van der Waals surface area contributed by atoms with Crippen molar-refractivity contribution in [3.05, 3.63) is 69.0 Å². The highest BCUT2D eigenvalue weighted by Crippen LogP contribution is 2.38. The fraction of sp³-hybridized carbons (Fsp3) is 0.222. The predicted molar refractivity (Wildman–Crippen MR) is 97.3 cm³/mol. The second-order valence-electron chi connectivity index (χ2n) is 5.46. The SMILES string of the molecule is [C-]#[N+]c1ccc(NC(=O)c2ccc(Cl)c(C(F)(F)CCCO)c2)cc1Cl. The lowest BCUT2D eigenvalue weighted by Gasteiger charge is -2.18. The molecule has 0 aliphatic heterocycles. The lowest BCUT2D eigenvalue weighted by Crippen LogP contribution is -2.17. The molecular formula is C18H14Cl2F2N2O2. The zero-order chi connectivity index (χ0) is 19.3. The van der Waals surface area contributed by atoms with Crippen molar-refractivity contribution in [2.24, 2.45) is 0 Å². The van der Waals surface area contributed by atoms with Gasteiger partial charge in [-0.25, -0.2) is 13.6 Å². The van der Waals surface area contributed by atoms with Crippen molar-refractivity contribution in [1.82, 2.24) is 0 Å². The van der Waals surface area contributed by atoms with E-state index in [1.54, 1.807) is 0 Å². The predicted octanol–water partition coefficient (Wildman–Crippen LogP) is 5.66. The van der Waals surface area contributed by atoms with E-state index in [9.17, 15) is 13.6 Å². The van der Waals surface area contributed by atoms with Crippen LogP contribution in [0.5, 0.6) is 0 Å². The Morgan fingerprint density at radius 2 is 1.92 bits per heavy atom. The molecule has 0 aromatic heterocycles. The van der Waals surface area contributed by atoms with Gasteiger partial charge in [0, 0.05) is 39.9 Å². The van der Waals surface area contributed by atoms with Gasteiger partial charge in [0.05, 0.1) is 6.57 Å². The van der Waals surface area contributed by atoms with E-state index in [0.717, 1.165) is 6.07 Å². The van der Waals surface area contributed by atoms with Gasteiger partial charge in [-0.15, -0.1) is 0 Å². The first kappa shape index (κ1) is 20.1. The Kier molecular flexibility index (Phi) is 6.54. The maximum absolute atomic E-state index is 14.2. The van der Waals surface area contributed by atoms with Crippen LogP contribution >= 0.6 is 23.2 Å². The molecule has 0 bridgehead atoms. The molecule has 0 spiro atoms. The minimum Gasteiger partial charge on any atom is -0.396 e. The summed E-state index contributed by atoms with van der Waals surface area (Å²) in [6.45, 7) is 6.57. The van der Waals surface area contributed by atoms with Crippen molar-refractivity contribution in [3.8, 4) is 0 Å². The third kappa shape index (κ3) is 4.70. The third-order valence-corrected chi connectivity index (χ3v) is 4.23. The van der Waals surface area contributed by atoms with Crippen molar-refractivity contribution in [3.63, 3.8) is 0 Å². The van der Waals surface area contributed by atoms with Gasteiger partial charge in [0.25, 0.3) is 11.8 Å². The molecule has 0 atom stereocenters. The molecule has 2 aromatic carbocycles. The minimum atomic E-state index is -3.27. The molecular weight excluding hydrogens is 385 g/mol. The fourth-order valence-electron chi connectivity index (χ4n) is 2.26. The van der Waals surface area contributed by atoms with Crippen LogP contribution in [0.25, 0.3) is 4.85 Å². The van der Waals surface area contributed by atoms with Crippen molar-refractivity contribution in [2.45, 2.75) is 18.8 Å². The van der Waals surface area contributed by atoms with Gasteiger partial charge in [0.1, 0.15) is 0 Å². The van der Waals surface area contributed by atoms with Gasteiger partial charge in [0.15, 0.2) is 0 Å². The van der Waals surface area contributed by atoms with E-state index < -0.39 is 23.8 Å². The van der Waals surface area contributed by atoms with E-state index in [1.165, 1.54) is 30.3 Å². The average Bonchev–Trinajstić information content (AvgIpc) is 2.60. The third-order valence-electron chi connectivity index (χ3n) is 3.60. The summed E-state index contributed by atoms with van der Waals surface area (Å²) in [4.78, 5) is 15.6. The second kappa shape index (κ2) is 8.45. The van der Waals surface area contributed by atoms with E-state index in [0.29, 0.717) is 5.69 Å². The molecule has 136 valence electrons. The number of benzene rings is 2. The van der Waals surface area contributed by atoms with Crippen LogP contribution in [-0.2, 0) is 5.92 Å². The number of carbonyl (C=O) groups is 1. The number of aliphatic hydroxyl groups excluding tert-OH is 1. The summed E-state index contributed by atoms with van der Waals surface area (Å²) in [6.07, 6.45) is -0.673. The molecule has 1 amide bonds. The van der Waals surface area contributed by atoms with Gasteiger partial charge in [-0.3, -0.25) is 4.79 Å². The quantitative estimate of drug-likeness (QED) is 0.616. The summed E-state index contributed by atoms with van der Waals surface area (Å²) in [5.41, 5.74) is 0.0954. The van der Waals surface area contributed by atoms with E-state index in [-0.39, 0.29) is 34.3 Å². The van der Waals surface area contributed by atoms with Gasteiger partial charge >= 0.3 is 0 Å². The van der Waals surface area contributed by atoms with Crippen molar-refractivity contribution in [2.75, 3.05) is 11.9 Å². The van der Waals surface area contributed by atoms with Gasteiger partial charge in [-0.05, 0) is 36.8 Å². The topological polar surface area (TPSA) is 53.7 Å². The number of rotatable bonds is 6. The van der Waals surface area contributed by atoms with Gasteiger partial charge in [0.2, 0.25) is 5.69 Å². The number of halogens is 4. The number of alkyl halides is 2. The van der Waals surface area contributed by atoms with Gasteiger partial charge < -0.3 is 10.4 Å². The Morgan fingerprint density at radius 3 is 2.54 bits per heavy atom. The van der Waals surface area contributed by atoms with Crippen molar-refractivity contribution >= 4 is 40.5 Å². The van der Waals surface area contributed by atoms with Crippen LogP contribution in [0.15, 0.2) is 36.4 Å². The number of amides is 1.